The van der Waals surface area contributed by atoms with Crippen LogP contribution in [0.5, 0.6) is 0 Å². The van der Waals surface area contributed by atoms with E-state index in [1.807, 2.05) is 57.2 Å². The van der Waals surface area contributed by atoms with Crippen molar-refractivity contribution in [1.29, 1.82) is 0 Å². The summed E-state index contributed by atoms with van der Waals surface area (Å²) in [5.41, 5.74) is 9.53. The van der Waals surface area contributed by atoms with Crippen LogP contribution in [-0.2, 0) is 4.79 Å². The summed E-state index contributed by atoms with van der Waals surface area (Å²) in [6.07, 6.45) is 0. The van der Waals surface area contributed by atoms with Gasteiger partial charge in [0, 0.05) is 16.3 Å². The molecule has 0 aromatic heterocycles. The first-order valence-electron chi connectivity index (χ1n) is 6.86. The van der Waals surface area contributed by atoms with E-state index in [0.717, 1.165) is 21.8 Å². The van der Waals surface area contributed by atoms with E-state index < -0.39 is 0 Å². The molecule has 0 unspecified atom stereocenters. The van der Waals surface area contributed by atoms with Gasteiger partial charge in [0.05, 0.1) is 5.25 Å². The number of rotatable bonds is 4. The highest BCUT2D eigenvalue weighted by atomic mass is 32.2. The Labute approximate surface area is 129 Å². The molecule has 0 aliphatic carbocycles. The Morgan fingerprint density at radius 1 is 1.14 bits per heavy atom. The zero-order valence-electron chi connectivity index (χ0n) is 12.5. The zero-order valence-corrected chi connectivity index (χ0v) is 13.3. The van der Waals surface area contributed by atoms with Gasteiger partial charge in [-0.3, -0.25) is 4.79 Å². The quantitative estimate of drug-likeness (QED) is 0.662. The Kier molecular flexibility index (Phi) is 4.91. The lowest BCUT2D eigenvalue weighted by Crippen LogP contribution is -2.22. The first kappa shape index (κ1) is 15.4. The molecule has 0 saturated carbocycles. The van der Waals surface area contributed by atoms with Crippen LogP contribution in [0.1, 0.15) is 18.1 Å². The molecule has 110 valence electrons. The minimum atomic E-state index is -0.172. The Hall–Kier alpha value is -1.94. The average molecular weight is 300 g/mol. The SMILES string of the molecule is Cc1ccc(NC(=O)[C@@H](C)Sc2ccc(N)cc2)c(C)c1. The topological polar surface area (TPSA) is 55.1 Å². The summed E-state index contributed by atoms with van der Waals surface area (Å²) in [5.74, 6) is 0.00350. The maximum Gasteiger partial charge on any atom is 0.237 e. The molecule has 21 heavy (non-hydrogen) atoms. The predicted molar refractivity (Wildman–Crippen MR) is 90.7 cm³/mol. The summed E-state index contributed by atoms with van der Waals surface area (Å²) in [6, 6.07) is 13.6. The van der Waals surface area contributed by atoms with Crippen molar-refractivity contribution < 1.29 is 4.79 Å². The van der Waals surface area contributed by atoms with Gasteiger partial charge in [-0.15, -0.1) is 11.8 Å². The number of nitrogen functional groups attached to an aromatic ring is 1. The Balaban J connectivity index is 2.00. The average Bonchev–Trinajstić information content (AvgIpc) is 2.44. The smallest absolute Gasteiger partial charge is 0.237 e. The molecule has 1 amide bonds. The van der Waals surface area contributed by atoms with Crippen LogP contribution < -0.4 is 11.1 Å². The van der Waals surface area contributed by atoms with Crippen molar-refractivity contribution in [2.24, 2.45) is 0 Å². The summed E-state index contributed by atoms with van der Waals surface area (Å²) in [5, 5.41) is 2.81. The molecule has 0 aliphatic rings. The fourth-order valence-corrected chi connectivity index (χ4v) is 2.86. The number of carbonyl (C=O) groups is 1. The number of thioether (sulfide) groups is 1. The van der Waals surface area contributed by atoms with Crippen molar-refractivity contribution in [1.82, 2.24) is 0 Å². The van der Waals surface area contributed by atoms with Gasteiger partial charge >= 0.3 is 0 Å². The van der Waals surface area contributed by atoms with Gasteiger partial charge in [-0.25, -0.2) is 0 Å². The summed E-state index contributed by atoms with van der Waals surface area (Å²) in [6.45, 7) is 5.94. The van der Waals surface area contributed by atoms with Gasteiger partial charge in [-0.05, 0) is 56.7 Å². The normalized spacial score (nSPS) is 12.0. The molecular formula is C17H20N2OS. The van der Waals surface area contributed by atoms with E-state index in [2.05, 4.69) is 11.4 Å². The second-order valence-corrected chi connectivity index (χ2v) is 6.55. The zero-order chi connectivity index (χ0) is 15.4. The minimum absolute atomic E-state index is 0.00350. The molecule has 0 aliphatic heterocycles. The van der Waals surface area contributed by atoms with E-state index in [1.54, 1.807) is 0 Å². The van der Waals surface area contributed by atoms with Gasteiger partial charge in [0.25, 0.3) is 0 Å². The lowest BCUT2D eigenvalue weighted by Gasteiger charge is -2.14. The van der Waals surface area contributed by atoms with Crippen LogP contribution >= 0.6 is 11.8 Å². The molecule has 0 fully saturated rings. The van der Waals surface area contributed by atoms with Gasteiger partial charge in [0.1, 0.15) is 0 Å². The van der Waals surface area contributed by atoms with E-state index in [9.17, 15) is 4.79 Å². The van der Waals surface area contributed by atoms with Gasteiger partial charge in [0.15, 0.2) is 0 Å². The monoisotopic (exact) mass is 300 g/mol. The number of anilines is 2. The van der Waals surface area contributed by atoms with Gasteiger partial charge in [-0.1, -0.05) is 17.7 Å². The lowest BCUT2D eigenvalue weighted by atomic mass is 10.1. The van der Waals surface area contributed by atoms with Crippen LogP contribution in [-0.4, -0.2) is 11.2 Å². The highest BCUT2D eigenvalue weighted by molar-refractivity contribution is 8.00. The van der Waals surface area contributed by atoms with Crippen LogP contribution in [0.3, 0.4) is 0 Å². The third-order valence-electron chi connectivity index (χ3n) is 3.20. The first-order chi connectivity index (χ1) is 9.95. The van der Waals surface area contributed by atoms with Crippen LogP contribution in [0, 0.1) is 13.8 Å². The van der Waals surface area contributed by atoms with Crippen molar-refractivity contribution in [3.05, 3.63) is 53.6 Å². The lowest BCUT2D eigenvalue weighted by molar-refractivity contribution is -0.115. The number of hydrogen-bond acceptors (Lipinski definition) is 3. The number of nitrogens with two attached hydrogens (primary N) is 1. The minimum Gasteiger partial charge on any atom is -0.399 e. The van der Waals surface area contributed by atoms with Gasteiger partial charge in [0.2, 0.25) is 5.91 Å². The number of benzene rings is 2. The molecule has 0 saturated heterocycles. The summed E-state index contributed by atoms with van der Waals surface area (Å²) in [4.78, 5) is 13.3. The number of amides is 1. The fraction of sp³-hybridized carbons (Fsp3) is 0.235. The Morgan fingerprint density at radius 3 is 2.43 bits per heavy atom. The molecule has 2 aromatic rings. The fourth-order valence-electron chi connectivity index (χ4n) is 1.99. The van der Waals surface area contributed by atoms with Gasteiger partial charge < -0.3 is 11.1 Å². The molecule has 0 spiro atoms. The molecule has 2 aromatic carbocycles. The summed E-state index contributed by atoms with van der Waals surface area (Å²) >= 11 is 1.52. The summed E-state index contributed by atoms with van der Waals surface area (Å²) in [7, 11) is 0. The standard InChI is InChI=1S/C17H20N2OS/c1-11-4-9-16(12(2)10-11)19-17(20)13(3)21-15-7-5-14(18)6-8-15/h4-10,13H,18H2,1-3H3,(H,19,20)/t13-/m1/s1. The molecule has 4 heteroatoms. The van der Waals surface area contributed by atoms with E-state index >= 15 is 0 Å². The van der Waals surface area contributed by atoms with Crippen molar-refractivity contribution in [2.75, 3.05) is 11.1 Å². The summed E-state index contributed by atoms with van der Waals surface area (Å²) < 4.78 is 0. The predicted octanol–water partition coefficient (Wildman–Crippen LogP) is 4.00. The van der Waals surface area contributed by atoms with Crippen molar-refractivity contribution in [3.8, 4) is 0 Å². The Bertz CT molecular complexity index is 638. The van der Waals surface area contributed by atoms with E-state index in [4.69, 9.17) is 5.73 Å². The van der Waals surface area contributed by atoms with Crippen LogP contribution in [0.15, 0.2) is 47.4 Å². The molecule has 3 N–H and O–H groups in total. The molecule has 3 nitrogen and oxygen atoms in total. The van der Waals surface area contributed by atoms with Crippen molar-refractivity contribution >= 4 is 29.0 Å². The third kappa shape index (κ3) is 4.26. The number of aryl methyl sites for hydroxylation is 2. The van der Waals surface area contributed by atoms with Crippen LogP contribution in [0.4, 0.5) is 11.4 Å². The maximum absolute atomic E-state index is 12.3. The second kappa shape index (κ2) is 6.68. The van der Waals surface area contributed by atoms with E-state index in [-0.39, 0.29) is 11.2 Å². The molecule has 2 rings (SSSR count). The van der Waals surface area contributed by atoms with Crippen molar-refractivity contribution in [2.45, 2.75) is 30.9 Å². The first-order valence-corrected chi connectivity index (χ1v) is 7.74. The molecule has 0 bridgehead atoms. The second-order valence-electron chi connectivity index (χ2n) is 5.14. The largest absolute Gasteiger partial charge is 0.399 e. The Morgan fingerprint density at radius 2 is 1.81 bits per heavy atom. The number of carbonyl (C=O) groups excluding carboxylic acids is 1. The van der Waals surface area contributed by atoms with Gasteiger partial charge in [-0.2, -0.15) is 0 Å². The molecule has 0 radical (unpaired) electrons. The molecular weight excluding hydrogens is 280 g/mol. The molecule has 1 atom stereocenters. The highest BCUT2D eigenvalue weighted by Crippen LogP contribution is 2.25. The highest BCUT2D eigenvalue weighted by Gasteiger charge is 2.15. The van der Waals surface area contributed by atoms with Crippen LogP contribution in [0.25, 0.3) is 0 Å². The van der Waals surface area contributed by atoms with E-state index in [1.165, 1.54) is 17.3 Å². The van der Waals surface area contributed by atoms with E-state index in [0.29, 0.717) is 0 Å². The van der Waals surface area contributed by atoms with Crippen LogP contribution in [0.2, 0.25) is 0 Å². The van der Waals surface area contributed by atoms with Crippen molar-refractivity contribution in [3.63, 3.8) is 0 Å². The maximum atomic E-state index is 12.3. The third-order valence-corrected chi connectivity index (χ3v) is 4.31. The number of hydrogen-bond donors (Lipinski definition) is 2. The molecule has 0 heterocycles. The number of nitrogens with one attached hydrogen (secondary N) is 1.